The fourth-order valence-electron chi connectivity index (χ4n) is 2.74. The molecule has 0 bridgehead atoms. The second-order valence-corrected chi connectivity index (χ2v) is 6.28. The van der Waals surface area contributed by atoms with Gasteiger partial charge in [0.2, 0.25) is 0 Å². The first-order valence-corrected chi connectivity index (χ1v) is 8.91. The Bertz CT molecular complexity index is 1190. The Balaban J connectivity index is 1.60. The molecule has 0 aliphatic heterocycles. The van der Waals surface area contributed by atoms with E-state index in [1.54, 1.807) is 50.4 Å². The van der Waals surface area contributed by atoms with Gasteiger partial charge in [0, 0.05) is 19.3 Å². The van der Waals surface area contributed by atoms with Crippen LogP contribution in [0.5, 0.6) is 5.75 Å². The van der Waals surface area contributed by atoms with Gasteiger partial charge in [0.1, 0.15) is 35.9 Å². The van der Waals surface area contributed by atoms with Crippen LogP contribution < -0.4 is 15.4 Å². The van der Waals surface area contributed by atoms with Gasteiger partial charge in [-0.1, -0.05) is 0 Å². The van der Waals surface area contributed by atoms with Gasteiger partial charge in [0.15, 0.2) is 17.4 Å². The number of anilines is 4. The fourth-order valence-corrected chi connectivity index (χ4v) is 2.74. The monoisotopic (exact) mass is 407 g/mol. The molecule has 11 heteroatoms. The van der Waals surface area contributed by atoms with Gasteiger partial charge in [0.25, 0.3) is 0 Å². The van der Waals surface area contributed by atoms with Crippen molar-refractivity contribution in [2.24, 2.45) is 7.05 Å². The molecule has 0 aliphatic carbocycles. The van der Waals surface area contributed by atoms with Crippen molar-refractivity contribution in [1.29, 1.82) is 0 Å². The SMILES string of the molecule is COc1c(-c2ncn(C)n2)ccnc1Nc1cc(Nc2ccc(F)c(C)n2)ncn1. The minimum atomic E-state index is -0.369. The summed E-state index contributed by atoms with van der Waals surface area (Å²) in [7, 11) is 3.33. The summed E-state index contributed by atoms with van der Waals surface area (Å²) in [6, 6.07) is 6.32. The van der Waals surface area contributed by atoms with Gasteiger partial charge < -0.3 is 15.4 Å². The molecule has 4 aromatic heterocycles. The quantitative estimate of drug-likeness (QED) is 0.497. The molecule has 152 valence electrons. The zero-order valence-electron chi connectivity index (χ0n) is 16.5. The highest BCUT2D eigenvalue weighted by Crippen LogP contribution is 2.34. The molecule has 0 unspecified atom stereocenters. The predicted octanol–water partition coefficient (Wildman–Crippen LogP) is 3.01. The molecule has 0 aromatic carbocycles. The first-order valence-electron chi connectivity index (χ1n) is 8.91. The van der Waals surface area contributed by atoms with Crippen LogP contribution in [0.2, 0.25) is 0 Å². The van der Waals surface area contributed by atoms with E-state index in [2.05, 4.69) is 40.7 Å². The number of nitrogens with one attached hydrogen (secondary N) is 2. The van der Waals surface area contributed by atoms with E-state index in [4.69, 9.17) is 4.74 Å². The number of methoxy groups -OCH3 is 1. The summed E-state index contributed by atoms with van der Waals surface area (Å²) in [5, 5.41) is 10.5. The maximum atomic E-state index is 13.4. The van der Waals surface area contributed by atoms with E-state index >= 15 is 0 Å². The van der Waals surface area contributed by atoms with Gasteiger partial charge in [-0.3, -0.25) is 4.68 Å². The normalized spacial score (nSPS) is 10.7. The van der Waals surface area contributed by atoms with Crippen molar-refractivity contribution < 1.29 is 9.13 Å². The van der Waals surface area contributed by atoms with Crippen molar-refractivity contribution >= 4 is 23.3 Å². The van der Waals surface area contributed by atoms with Gasteiger partial charge in [-0.25, -0.2) is 29.3 Å². The summed E-state index contributed by atoms with van der Waals surface area (Å²) >= 11 is 0. The predicted molar refractivity (Wildman–Crippen MR) is 108 cm³/mol. The molecule has 0 radical (unpaired) electrons. The first-order chi connectivity index (χ1) is 14.5. The number of pyridine rings is 2. The Hall–Kier alpha value is -4.15. The summed E-state index contributed by atoms with van der Waals surface area (Å²) in [6.07, 6.45) is 4.62. The molecule has 4 heterocycles. The van der Waals surface area contributed by atoms with Crippen LogP contribution in [0.4, 0.5) is 27.7 Å². The minimum absolute atomic E-state index is 0.293. The second-order valence-electron chi connectivity index (χ2n) is 6.28. The van der Waals surface area contributed by atoms with Crippen LogP contribution in [0.25, 0.3) is 11.4 Å². The number of rotatable bonds is 6. The number of hydrogen-bond donors (Lipinski definition) is 2. The molecule has 0 amide bonds. The number of hydrogen-bond acceptors (Lipinski definition) is 9. The summed E-state index contributed by atoms with van der Waals surface area (Å²) < 4.78 is 20.6. The van der Waals surface area contributed by atoms with Crippen molar-refractivity contribution in [2.45, 2.75) is 6.92 Å². The second kappa shape index (κ2) is 8.07. The highest BCUT2D eigenvalue weighted by molar-refractivity contribution is 5.74. The summed E-state index contributed by atoms with van der Waals surface area (Å²) in [5.41, 5.74) is 0.982. The molecule has 30 heavy (non-hydrogen) atoms. The maximum Gasteiger partial charge on any atom is 0.185 e. The lowest BCUT2D eigenvalue weighted by Gasteiger charge is -2.13. The average Bonchev–Trinajstić information content (AvgIpc) is 3.17. The Labute approximate surface area is 171 Å². The molecule has 0 spiro atoms. The fraction of sp³-hybridized carbons (Fsp3) is 0.158. The Morgan fingerprint density at radius 3 is 2.50 bits per heavy atom. The topological polar surface area (TPSA) is 116 Å². The lowest BCUT2D eigenvalue weighted by molar-refractivity contribution is 0.416. The number of nitrogens with zero attached hydrogens (tertiary/aromatic N) is 7. The summed E-state index contributed by atoms with van der Waals surface area (Å²) in [5.74, 6) is 2.50. The summed E-state index contributed by atoms with van der Waals surface area (Å²) in [4.78, 5) is 21.1. The molecule has 0 saturated heterocycles. The van der Waals surface area contributed by atoms with E-state index in [1.807, 2.05) is 0 Å². The van der Waals surface area contributed by atoms with Gasteiger partial charge in [-0.05, 0) is 25.1 Å². The Morgan fingerprint density at radius 1 is 1.00 bits per heavy atom. The zero-order chi connectivity index (χ0) is 21.1. The first kappa shape index (κ1) is 19.2. The van der Waals surface area contributed by atoms with Gasteiger partial charge >= 0.3 is 0 Å². The number of aromatic nitrogens is 7. The van der Waals surface area contributed by atoms with Crippen LogP contribution in [0, 0.1) is 12.7 Å². The Kier molecular flexibility index (Phi) is 5.16. The van der Waals surface area contributed by atoms with E-state index < -0.39 is 0 Å². The van der Waals surface area contributed by atoms with E-state index in [1.165, 1.54) is 18.5 Å². The van der Waals surface area contributed by atoms with Crippen molar-refractivity contribution in [2.75, 3.05) is 17.7 Å². The van der Waals surface area contributed by atoms with Crippen molar-refractivity contribution in [3.63, 3.8) is 0 Å². The van der Waals surface area contributed by atoms with Gasteiger partial charge in [-0.2, -0.15) is 5.10 Å². The van der Waals surface area contributed by atoms with Crippen LogP contribution in [0.15, 0.2) is 43.1 Å². The minimum Gasteiger partial charge on any atom is -0.492 e. The number of ether oxygens (including phenoxy) is 1. The highest BCUT2D eigenvalue weighted by atomic mass is 19.1. The van der Waals surface area contributed by atoms with Gasteiger partial charge in [0.05, 0.1) is 18.4 Å². The third kappa shape index (κ3) is 3.99. The van der Waals surface area contributed by atoms with E-state index in [9.17, 15) is 4.39 Å². The van der Waals surface area contributed by atoms with Gasteiger partial charge in [-0.15, -0.1) is 0 Å². The van der Waals surface area contributed by atoms with Crippen molar-refractivity contribution in [3.8, 4) is 17.1 Å². The Morgan fingerprint density at radius 2 is 1.80 bits per heavy atom. The summed E-state index contributed by atoms with van der Waals surface area (Å²) in [6.45, 7) is 1.59. The third-order valence-corrected chi connectivity index (χ3v) is 4.14. The largest absolute Gasteiger partial charge is 0.492 e. The highest BCUT2D eigenvalue weighted by Gasteiger charge is 2.16. The van der Waals surface area contributed by atoms with Crippen molar-refractivity contribution in [1.82, 2.24) is 34.7 Å². The van der Waals surface area contributed by atoms with Crippen molar-refractivity contribution in [3.05, 3.63) is 54.6 Å². The molecule has 0 fully saturated rings. The molecule has 2 N–H and O–H groups in total. The molecule has 0 aliphatic rings. The van der Waals surface area contributed by atoms with Crippen LogP contribution in [-0.2, 0) is 7.05 Å². The maximum absolute atomic E-state index is 13.4. The molecule has 0 saturated carbocycles. The molecule has 4 rings (SSSR count). The standard InChI is InChI=1S/C19H18FN9O/c1-11-13(20)4-5-14(25-11)26-15-8-16(23-9-22-15)27-19-17(30-3)12(6-7-21-19)18-24-10-29(2)28-18/h4-10H,1-3H3,(H2,21,22,23,25,26,27). The zero-order valence-corrected chi connectivity index (χ0v) is 16.5. The van der Waals surface area contributed by atoms with Crippen LogP contribution in [-0.4, -0.2) is 41.8 Å². The van der Waals surface area contributed by atoms with E-state index in [0.717, 1.165) is 0 Å². The lowest BCUT2D eigenvalue weighted by atomic mass is 10.2. The smallest absolute Gasteiger partial charge is 0.185 e. The van der Waals surface area contributed by atoms with Crippen LogP contribution in [0.3, 0.4) is 0 Å². The third-order valence-electron chi connectivity index (χ3n) is 4.14. The molecule has 0 atom stereocenters. The molecular formula is C19H18FN9O. The number of halogens is 1. The molecule has 4 aromatic rings. The van der Waals surface area contributed by atoms with Crippen LogP contribution in [0.1, 0.15) is 5.69 Å². The number of aryl methyl sites for hydroxylation is 2. The molecular weight excluding hydrogens is 389 g/mol. The molecule has 10 nitrogen and oxygen atoms in total. The average molecular weight is 407 g/mol. The van der Waals surface area contributed by atoms with E-state index in [-0.39, 0.29) is 5.82 Å². The van der Waals surface area contributed by atoms with Crippen LogP contribution >= 0.6 is 0 Å². The van der Waals surface area contributed by atoms with E-state index in [0.29, 0.717) is 46.1 Å². The lowest BCUT2D eigenvalue weighted by Crippen LogP contribution is -2.03.